The van der Waals surface area contributed by atoms with Gasteiger partial charge in [-0.05, 0) is 25.8 Å². The first-order valence-corrected chi connectivity index (χ1v) is 5.66. The monoisotopic (exact) mass is 217 g/mol. The Balaban J connectivity index is 1.83. The first-order valence-electron chi connectivity index (χ1n) is 5.66. The third kappa shape index (κ3) is 1.15. The molecule has 3 aliphatic rings. The summed E-state index contributed by atoms with van der Waals surface area (Å²) >= 11 is 0. The van der Waals surface area contributed by atoms with Crippen molar-refractivity contribution in [2.45, 2.75) is 37.1 Å². The zero-order chi connectivity index (χ0) is 10.7. The van der Waals surface area contributed by atoms with Crippen LogP contribution in [0.1, 0.15) is 25.7 Å². The highest BCUT2D eigenvalue weighted by molar-refractivity contribution is 5.22. The summed E-state index contributed by atoms with van der Waals surface area (Å²) in [5.41, 5.74) is -0.749. The van der Waals surface area contributed by atoms with E-state index in [9.17, 15) is 8.78 Å². The zero-order valence-corrected chi connectivity index (χ0v) is 9.06. The maximum Gasteiger partial charge on any atom is 0.255 e. The summed E-state index contributed by atoms with van der Waals surface area (Å²) in [4.78, 5) is 2.25. The quantitative estimate of drug-likeness (QED) is 0.700. The predicted octanol–water partition coefficient (Wildman–Crippen LogP) is 1.90. The van der Waals surface area contributed by atoms with Gasteiger partial charge in [0.2, 0.25) is 0 Å². The van der Waals surface area contributed by atoms with Crippen molar-refractivity contribution in [2.24, 2.45) is 5.41 Å². The van der Waals surface area contributed by atoms with Crippen molar-refractivity contribution in [1.82, 2.24) is 4.90 Å². The molecular weight excluding hydrogens is 200 g/mol. The summed E-state index contributed by atoms with van der Waals surface area (Å²) in [5, 5.41) is 0. The van der Waals surface area contributed by atoms with Gasteiger partial charge in [-0.15, -0.1) is 0 Å². The van der Waals surface area contributed by atoms with Gasteiger partial charge in [0.15, 0.2) is 0 Å². The zero-order valence-electron chi connectivity index (χ0n) is 9.06. The third-order valence-electron chi connectivity index (χ3n) is 4.53. The lowest BCUT2D eigenvalue weighted by Gasteiger charge is -2.30. The van der Waals surface area contributed by atoms with Crippen molar-refractivity contribution in [3.63, 3.8) is 0 Å². The molecule has 0 aromatic rings. The van der Waals surface area contributed by atoms with Crippen LogP contribution >= 0.6 is 0 Å². The van der Waals surface area contributed by atoms with E-state index in [4.69, 9.17) is 4.74 Å². The van der Waals surface area contributed by atoms with E-state index in [1.807, 2.05) is 0 Å². The minimum atomic E-state index is -2.40. The molecule has 0 radical (unpaired) electrons. The van der Waals surface area contributed by atoms with E-state index in [1.165, 1.54) is 0 Å². The van der Waals surface area contributed by atoms with E-state index < -0.39 is 11.3 Å². The summed E-state index contributed by atoms with van der Waals surface area (Å²) in [5.74, 6) is -2.40. The topological polar surface area (TPSA) is 12.5 Å². The van der Waals surface area contributed by atoms with E-state index in [2.05, 4.69) is 4.90 Å². The van der Waals surface area contributed by atoms with Crippen molar-refractivity contribution < 1.29 is 13.5 Å². The Labute approximate surface area is 88.6 Å². The molecule has 3 fully saturated rings. The van der Waals surface area contributed by atoms with Gasteiger partial charge in [0.25, 0.3) is 5.92 Å². The average Bonchev–Trinajstić information content (AvgIpc) is 2.43. The molecule has 15 heavy (non-hydrogen) atoms. The molecule has 2 saturated heterocycles. The molecule has 4 heteroatoms. The second-order valence-corrected chi connectivity index (χ2v) is 5.52. The molecule has 0 aromatic heterocycles. The number of alkyl halides is 2. The standard InChI is InChI=1S/C11H17F2NO/c1-15-8-10-3-2-4-14(10)7-9(5-10)6-11(9,12)13/h2-8H2,1H3. The maximum atomic E-state index is 13.3. The van der Waals surface area contributed by atoms with Crippen LogP contribution in [0.4, 0.5) is 8.78 Å². The molecule has 1 aliphatic carbocycles. The van der Waals surface area contributed by atoms with Crippen LogP contribution in [0.15, 0.2) is 0 Å². The van der Waals surface area contributed by atoms with Gasteiger partial charge in [-0.3, -0.25) is 4.90 Å². The van der Waals surface area contributed by atoms with Crippen LogP contribution in [0.2, 0.25) is 0 Å². The molecular formula is C11H17F2NO. The number of nitrogens with zero attached hydrogens (tertiary/aromatic N) is 1. The molecule has 2 heterocycles. The first kappa shape index (κ1) is 9.97. The van der Waals surface area contributed by atoms with Crippen molar-refractivity contribution in [3.8, 4) is 0 Å². The number of rotatable bonds is 2. The highest BCUT2D eigenvalue weighted by Gasteiger charge is 2.76. The highest BCUT2D eigenvalue weighted by Crippen LogP contribution is 2.69. The molecule has 0 N–H and O–H groups in total. The molecule has 2 nitrogen and oxygen atoms in total. The molecule has 0 amide bonds. The van der Waals surface area contributed by atoms with Gasteiger partial charge in [-0.25, -0.2) is 8.78 Å². The van der Waals surface area contributed by atoms with Crippen LogP contribution < -0.4 is 0 Å². The minimum Gasteiger partial charge on any atom is -0.383 e. The fourth-order valence-electron chi connectivity index (χ4n) is 3.72. The third-order valence-corrected chi connectivity index (χ3v) is 4.53. The van der Waals surface area contributed by atoms with Gasteiger partial charge in [-0.2, -0.15) is 0 Å². The number of fused-ring (bicyclic) bond motifs is 1. The Kier molecular flexibility index (Phi) is 1.81. The van der Waals surface area contributed by atoms with Crippen LogP contribution in [0.25, 0.3) is 0 Å². The van der Waals surface area contributed by atoms with Crippen LogP contribution in [-0.2, 0) is 4.74 Å². The Morgan fingerprint density at radius 1 is 1.33 bits per heavy atom. The molecule has 2 atom stereocenters. The molecule has 1 saturated carbocycles. The normalized spacial score (nSPS) is 47.4. The summed E-state index contributed by atoms with van der Waals surface area (Å²) < 4.78 is 31.9. The summed E-state index contributed by atoms with van der Waals surface area (Å²) in [6.45, 7) is 2.18. The molecule has 2 unspecified atom stereocenters. The second kappa shape index (κ2) is 2.72. The van der Waals surface area contributed by atoms with Gasteiger partial charge in [0, 0.05) is 25.6 Å². The Morgan fingerprint density at radius 3 is 2.67 bits per heavy atom. The van der Waals surface area contributed by atoms with Crippen molar-refractivity contribution in [3.05, 3.63) is 0 Å². The fourth-order valence-corrected chi connectivity index (χ4v) is 3.72. The van der Waals surface area contributed by atoms with Crippen LogP contribution in [0.5, 0.6) is 0 Å². The van der Waals surface area contributed by atoms with E-state index in [-0.39, 0.29) is 12.0 Å². The number of halogens is 2. The van der Waals surface area contributed by atoms with Crippen molar-refractivity contribution in [2.75, 3.05) is 26.8 Å². The molecule has 0 bridgehead atoms. The van der Waals surface area contributed by atoms with Gasteiger partial charge in [-0.1, -0.05) is 0 Å². The Morgan fingerprint density at radius 2 is 2.07 bits per heavy atom. The van der Waals surface area contributed by atoms with Crippen LogP contribution in [-0.4, -0.2) is 43.2 Å². The number of ether oxygens (including phenoxy) is 1. The smallest absolute Gasteiger partial charge is 0.255 e. The van der Waals surface area contributed by atoms with E-state index in [0.717, 1.165) is 19.4 Å². The highest BCUT2D eigenvalue weighted by atomic mass is 19.3. The number of methoxy groups -OCH3 is 1. The number of hydrogen-bond acceptors (Lipinski definition) is 2. The van der Waals surface area contributed by atoms with E-state index >= 15 is 0 Å². The average molecular weight is 217 g/mol. The van der Waals surface area contributed by atoms with Crippen molar-refractivity contribution in [1.29, 1.82) is 0 Å². The summed E-state index contributed by atoms with van der Waals surface area (Å²) in [7, 11) is 1.67. The molecule has 0 aromatic carbocycles. The van der Waals surface area contributed by atoms with Crippen LogP contribution in [0.3, 0.4) is 0 Å². The SMILES string of the molecule is COCC12CCCN1CC1(C2)CC1(F)F. The Hall–Kier alpha value is -0.220. The van der Waals surface area contributed by atoms with Crippen molar-refractivity contribution >= 4 is 0 Å². The predicted molar refractivity (Wildman–Crippen MR) is 52.0 cm³/mol. The lowest BCUT2D eigenvalue weighted by molar-refractivity contribution is 0.0581. The molecule has 2 aliphatic heterocycles. The lowest BCUT2D eigenvalue weighted by Crippen LogP contribution is -2.42. The van der Waals surface area contributed by atoms with Crippen LogP contribution in [0, 0.1) is 5.41 Å². The summed E-state index contributed by atoms with van der Waals surface area (Å²) in [6, 6.07) is 0. The Bertz CT molecular complexity index is 296. The lowest BCUT2D eigenvalue weighted by atomic mass is 9.89. The van der Waals surface area contributed by atoms with E-state index in [0.29, 0.717) is 19.6 Å². The van der Waals surface area contributed by atoms with Gasteiger partial charge in [0.05, 0.1) is 12.0 Å². The second-order valence-electron chi connectivity index (χ2n) is 5.52. The molecule has 86 valence electrons. The largest absolute Gasteiger partial charge is 0.383 e. The first-order chi connectivity index (χ1) is 7.04. The minimum absolute atomic E-state index is 0.0608. The fraction of sp³-hybridized carbons (Fsp3) is 1.00. The maximum absolute atomic E-state index is 13.3. The summed E-state index contributed by atoms with van der Waals surface area (Å²) in [6.07, 6.45) is 2.90. The van der Waals surface area contributed by atoms with Gasteiger partial charge < -0.3 is 4.74 Å². The molecule has 3 rings (SSSR count). The molecule has 1 spiro atoms. The van der Waals surface area contributed by atoms with Gasteiger partial charge in [0.1, 0.15) is 0 Å². The van der Waals surface area contributed by atoms with Gasteiger partial charge >= 0.3 is 0 Å². The van der Waals surface area contributed by atoms with E-state index in [1.54, 1.807) is 7.11 Å². The number of hydrogen-bond donors (Lipinski definition) is 0.